The van der Waals surface area contributed by atoms with Crippen LogP contribution in [-0.4, -0.2) is 90.3 Å². The Morgan fingerprint density at radius 1 is 0.935 bits per heavy atom. The summed E-state index contributed by atoms with van der Waals surface area (Å²) >= 11 is 5.94. The number of carbonyl (C=O) groups excluding carboxylic acids is 3. The van der Waals surface area contributed by atoms with Gasteiger partial charge in [0.15, 0.2) is 0 Å². The van der Waals surface area contributed by atoms with Gasteiger partial charge in [-0.1, -0.05) is 11.6 Å². The number of amides is 4. The van der Waals surface area contributed by atoms with Crippen molar-refractivity contribution in [1.82, 2.24) is 19.6 Å². The lowest BCUT2D eigenvalue weighted by molar-refractivity contribution is -0.139. The Hall–Kier alpha value is -2.28. The number of piperidine rings is 2. The van der Waals surface area contributed by atoms with E-state index in [-0.39, 0.29) is 28.8 Å². The summed E-state index contributed by atoms with van der Waals surface area (Å²) in [4.78, 5) is 45.8. The highest BCUT2D eigenvalue weighted by Crippen LogP contribution is 2.52. The molecule has 0 saturated carbocycles. The van der Waals surface area contributed by atoms with Gasteiger partial charge in [0.1, 0.15) is 0 Å². The van der Waals surface area contributed by atoms with Crippen molar-refractivity contribution in [3.05, 3.63) is 34.9 Å². The van der Waals surface area contributed by atoms with E-state index in [2.05, 4.69) is 0 Å². The summed E-state index contributed by atoms with van der Waals surface area (Å²) in [6.45, 7) is 2.52. The minimum Gasteiger partial charge on any atom is -0.339 e. The Balaban J connectivity index is 1.42. The molecule has 0 N–H and O–H groups in total. The summed E-state index contributed by atoms with van der Waals surface area (Å²) in [5.41, 5.74) is 0.0764. The molecule has 1 aromatic rings. The molecule has 3 fully saturated rings. The molecular formula is C23H31ClN4O3. The molecule has 3 heterocycles. The second kappa shape index (κ2) is 8.01. The normalized spacial score (nSPS) is 22.3. The molecule has 7 nitrogen and oxygen atoms in total. The molecule has 4 rings (SSSR count). The number of likely N-dealkylation sites (tertiary alicyclic amines) is 3. The first kappa shape index (κ1) is 21.9. The van der Waals surface area contributed by atoms with Crippen molar-refractivity contribution in [2.24, 2.45) is 5.41 Å². The average Bonchev–Trinajstić information content (AvgIpc) is 2.96. The van der Waals surface area contributed by atoms with Gasteiger partial charge < -0.3 is 19.6 Å². The minimum atomic E-state index is -0.375. The van der Waals surface area contributed by atoms with Crippen molar-refractivity contribution in [3.8, 4) is 0 Å². The van der Waals surface area contributed by atoms with Gasteiger partial charge in [-0.3, -0.25) is 9.59 Å². The topological polar surface area (TPSA) is 64.2 Å². The van der Waals surface area contributed by atoms with Gasteiger partial charge in [-0.2, -0.15) is 0 Å². The van der Waals surface area contributed by atoms with Crippen molar-refractivity contribution in [2.45, 2.75) is 37.6 Å². The van der Waals surface area contributed by atoms with E-state index in [1.165, 1.54) is 0 Å². The molecule has 168 valence electrons. The molecular weight excluding hydrogens is 416 g/mol. The fourth-order valence-corrected chi connectivity index (χ4v) is 5.73. The van der Waals surface area contributed by atoms with Crippen molar-refractivity contribution >= 4 is 29.4 Å². The van der Waals surface area contributed by atoms with E-state index in [9.17, 15) is 14.4 Å². The minimum absolute atomic E-state index is 0.0115. The number of benzene rings is 1. The summed E-state index contributed by atoms with van der Waals surface area (Å²) in [6.07, 6.45) is 3.82. The maximum atomic E-state index is 13.4. The molecule has 1 aromatic carbocycles. The molecule has 31 heavy (non-hydrogen) atoms. The molecule has 0 aliphatic carbocycles. The van der Waals surface area contributed by atoms with Gasteiger partial charge in [0, 0.05) is 63.4 Å². The highest BCUT2D eigenvalue weighted by molar-refractivity contribution is 6.30. The smallest absolute Gasteiger partial charge is 0.319 e. The molecule has 3 aliphatic rings. The van der Waals surface area contributed by atoms with Crippen LogP contribution < -0.4 is 0 Å². The van der Waals surface area contributed by atoms with Gasteiger partial charge in [0.05, 0.1) is 5.41 Å². The number of hydrogen-bond acceptors (Lipinski definition) is 3. The van der Waals surface area contributed by atoms with Crippen LogP contribution in [-0.2, 0) is 4.79 Å². The average molecular weight is 447 g/mol. The van der Waals surface area contributed by atoms with Gasteiger partial charge in [-0.25, -0.2) is 4.79 Å². The summed E-state index contributed by atoms with van der Waals surface area (Å²) < 4.78 is 0. The summed E-state index contributed by atoms with van der Waals surface area (Å²) in [5, 5.41) is 0.615. The molecule has 0 bridgehead atoms. The summed E-state index contributed by atoms with van der Waals surface area (Å²) in [6, 6.07) is 7.01. The molecule has 2 spiro atoms. The molecule has 0 atom stereocenters. The van der Waals surface area contributed by atoms with Crippen molar-refractivity contribution in [3.63, 3.8) is 0 Å². The SMILES string of the molecule is CN(C)C(=O)N1CCC2(CC1)CC1(CCN(C(=O)c3ccc(Cl)cc3)CC1)N(C)C2=O. The molecule has 3 saturated heterocycles. The summed E-state index contributed by atoms with van der Waals surface area (Å²) in [5.74, 6) is 0.227. The fourth-order valence-electron chi connectivity index (χ4n) is 5.61. The van der Waals surface area contributed by atoms with Gasteiger partial charge in [0.2, 0.25) is 5.91 Å². The maximum Gasteiger partial charge on any atom is 0.319 e. The first-order chi connectivity index (χ1) is 14.7. The molecule has 0 aromatic heterocycles. The van der Waals surface area contributed by atoms with Crippen molar-refractivity contribution < 1.29 is 14.4 Å². The Morgan fingerprint density at radius 3 is 2.03 bits per heavy atom. The zero-order valence-electron chi connectivity index (χ0n) is 18.6. The molecule has 8 heteroatoms. The molecule has 3 aliphatic heterocycles. The summed E-state index contributed by atoms with van der Waals surface area (Å²) in [7, 11) is 5.44. The van der Waals surface area contributed by atoms with E-state index >= 15 is 0 Å². The second-order valence-electron chi connectivity index (χ2n) is 9.51. The molecule has 0 radical (unpaired) electrons. The number of carbonyl (C=O) groups is 3. The van der Waals surface area contributed by atoms with Crippen LogP contribution in [0.25, 0.3) is 0 Å². The van der Waals surface area contributed by atoms with Gasteiger partial charge in [0.25, 0.3) is 5.91 Å². The quantitative estimate of drug-likeness (QED) is 0.666. The third-order valence-corrected chi connectivity index (χ3v) is 7.84. The Kier molecular flexibility index (Phi) is 5.66. The monoisotopic (exact) mass is 446 g/mol. The lowest BCUT2D eigenvalue weighted by Gasteiger charge is -2.44. The fraction of sp³-hybridized carbons (Fsp3) is 0.609. The predicted molar refractivity (Wildman–Crippen MR) is 119 cm³/mol. The lowest BCUT2D eigenvalue weighted by Crippen LogP contribution is -2.52. The van der Waals surface area contributed by atoms with Crippen LogP contribution in [0.5, 0.6) is 0 Å². The Bertz CT molecular complexity index is 869. The van der Waals surface area contributed by atoms with Crippen molar-refractivity contribution in [1.29, 1.82) is 0 Å². The van der Waals surface area contributed by atoms with Crippen LogP contribution in [0.15, 0.2) is 24.3 Å². The van der Waals surface area contributed by atoms with E-state index in [0.29, 0.717) is 49.6 Å². The number of halogens is 1. The van der Waals surface area contributed by atoms with Crippen LogP contribution >= 0.6 is 11.6 Å². The Morgan fingerprint density at radius 2 is 1.48 bits per heavy atom. The lowest BCUT2D eigenvalue weighted by atomic mass is 9.71. The highest BCUT2D eigenvalue weighted by Gasteiger charge is 2.59. The van der Waals surface area contributed by atoms with Crippen LogP contribution in [0.4, 0.5) is 4.79 Å². The van der Waals surface area contributed by atoms with Gasteiger partial charge >= 0.3 is 6.03 Å². The maximum absolute atomic E-state index is 13.4. The number of rotatable bonds is 1. The zero-order valence-corrected chi connectivity index (χ0v) is 19.3. The van der Waals surface area contributed by atoms with Crippen LogP contribution in [0.1, 0.15) is 42.5 Å². The standard InChI is InChI=1S/C23H31ClN4O3/c1-25(2)21(31)28-12-8-22(9-13-28)16-23(26(3)20(22)30)10-14-27(15-11-23)19(29)17-4-6-18(24)7-5-17/h4-7H,8-16H2,1-3H3. The number of nitrogens with zero attached hydrogens (tertiary/aromatic N) is 4. The van der Waals surface area contributed by atoms with Gasteiger partial charge in [-0.05, 0) is 56.4 Å². The molecule has 0 unspecified atom stereocenters. The third kappa shape index (κ3) is 3.77. The van der Waals surface area contributed by atoms with E-state index in [4.69, 9.17) is 11.6 Å². The van der Waals surface area contributed by atoms with Crippen LogP contribution in [0.2, 0.25) is 5.02 Å². The van der Waals surface area contributed by atoms with Crippen molar-refractivity contribution in [2.75, 3.05) is 47.3 Å². The second-order valence-corrected chi connectivity index (χ2v) is 9.95. The number of hydrogen-bond donors (Lipinski definition) is 0. The van der Waals surface area contributed by atoms with E-state index in [1.807, 2.05) is 21.7 Å². The van der Waals surface area contributed by atoms with E-state index < -0.39 is 0 Å². The Labute approximate surface area is 188 Å². The number of urea groups is 1. The largest absolute Gasteiger partial charge is 0.339 e. The molecule has 4 amide bonds. The van der Waals surface area contributed by atoms with Crippen LogP contribution in [0, 0.1) is 5.41 Å². The van der Waals surface area contributed by atoms with E-state index in [1.54, 1.807) is 43.3 Å². The predicted octanol–water partition coefficient (Wildman–Crippen LogP) is 2.94. The highest BCUT2D eigenvalue weighted by atomic mass is 35.5. The first-order valence-electron chi connectivity index (χ1n) is 11.0. The van der Waals surface area contributed by atoms with Crippen LogP contribution in [0.3, 0.4) is 0 Å². The van der Waals surface area contributed by atoms with E-state index in [0.717, 1.165) is 19.3 Å². The third-order valence-electron chi connectivity index (χ3n) is 7.58. The zero-order chi connectivity index (χ0) is 22.4. The first-order valence-corrected chi connectivity index (χ1v) is 11.3. The van der Waals surface area contributed by atoms with Gasteiger partial charge in [-0.15, -0.1) is 0 Å².